The third-order valence-corrected chi connectivity index (χ3v) is 3.75. The number of ether oxygens (including phenoxy) is 3. The Morgan fingerprint density at radius 3 is 2.26 bits per heavy atom. The van der Waals surface area contributed by atoms with Crippen molar-refractivity contribution in [1.29, 1.82) is 0 Å². The molecule has 8 nitrogen and oxygen atoms in total. The zero-order chi connectivity index (χ0) is 22.8. The van der Waals surface area contributed by atoms with Gasteiger partial charge in [0.15, 0.2) is 24.1 Å². The van der Waals surface area contributed by atoms with Crippen LogP contribution in [0.1, 0.15) is 6.42 Å². The van der Waals surface area contributed by atoms with Gasteiger partial charge in [-0.15, -0.1) is 0 Å². The molecule has 0 saturated carbocycles. The Labute approximate surface area is 175 Å². The number of methoxy groups -OCH3 is 1. The quantitative estimate of drug-likeness (QED) is 0.434. The minimum Gasteiger partial charge on any atom is -0.497 e. The van der Waals surface area contributed by atoms with Crippen molar-refractivity contribution in [3.05, 3.63) is 53.8 Å². The molecule has 0 aromatic heterocycles. The van der Waals surface area contributed by atoms with E-state index in [2.05, 4.69) is 5.32 Å². The summed E-state index contributed by atoms with van der Waals surface area (Å²) in [6.07, 6.45) is -0.116. The normalized spacial score (nSPS) is 10.2. The van der Waals surface area contributed by atoms with Gasteiger partial charge in [0.25, 0.3) is 5.91 Å². The molecule has 0 fully saturated rings. The molecule has 2 aromatic rings. The van der Waals surface area contributed by atoms with E-state index in [-0.39, 0.29) is 13.0 Å². The molecule has 2 rings (SSSR count). The van der Waals surface area contributed by atoms with Gasteiger partial charge >= 0.3 is 5.97 Å². The summed E-state index contributed by atoms with van der Waals surface area (Å²) in [5.41, 5.74) is -0.582. The fraction of sp³-hybridized carbons (Fsp3) is 0.250. The van der Waals surface area contributed by atoms with Crippen LogP contribution in [0.4, 0.5) is 18.9 Å². The summed E-state index contributed by atoms with van der Waals surface area (Å²) in [6.45, 7) is -1.22. The molecule has 0 aliphatic carbocycles. The minimum absolute atomic E-state index is 0.0228. The number of hydrogen-bond donors (Lipinski definition) is 2. The second kappa shape index (κ2) is 11.4. The van der Waals surface area contributed by atoms with E-state index in [4.69, 9.17) is 14.2 Å². The zero-order valence-electron chi connectivity index (χ0n) is 16.4. The Balaban J connectivity index is 1.64. The fourth-order valence-electron chi connectivity index (χ4n) is 2.19. The Morgan fingerprint density at radius 1 is 0.903 bits per heavy atom. The molecule has 0 bridgehead atoms. The number of benzene rings is 2. The molecule has 2 amide bonds. The topological polar surface area (TPSA) is 103 Å². The summed E-state index contributed by atoms with van der Waals surface area (Å²) in [5.74, 6) is -5.90. The number of halogens is 3. The monoisotopic (exact) mass is 440 g/mol. The number of nitrogens with one attached hydrogen (secondary N) is 2. The van der Waals surface area contributed by atoms with E-state index in [1.165, 1.54) is 7.11 Å². The molecule has 31 heavy (non-hydrogen) atoms. The number of rotatable bonds is 10. The van der Waals surface area contributed by atoms with Gasteiger partial charge in [-0.2, -0.15) is 0 Å². The first-order valence-electron chi connectivity index (χ1n) is 8.92. The van der Waals surface area contributed by atoms with Crippen molar-refractivity contribution >= 4 is 23.5 Å². The molecule has 0 heterocycles. The average Bonchev–Trinajstić information content (AvgIpc) is 2.77. The van der Waals surface area contributed by atoms with Gasteiger partial charge in [0.05, 0.1) is 32.4 Å². The van der Waals surface area contributed by atoms with Crippen LogP contribution in [0, 0.1) is 17.5 Å². The van der Waals surface area contributed by atoms with Crippen LogP contribution in [0.15, 0.2) is 36.4 Å². The Kier molecular flexibility index (Phi) is 8.67. The highest BCUT2D eigenvalue weighted by Gasteiger charge is 2.16. The molecule has 2 aromatic carbocycles. The lowest BCUT2D eigenvalue weighted by Gasteiger charge is -2.09. The predicted octanol–water partition coefficient (Wildman–Crippen LogP) is 2.18. The summed E-state index contributed by atoms with van der Waals surface area (Å²) in [6, 6.07) is 8.18. The van der Waals surface area contributed by atoms with E-state index in [0.717, 1.165) is 6.07 Å². The van der Waals surface area contributed by atoms with Crippen molar-refractivity contribution in [3.8, 4) is 11.5 Å². The minimum atomic E-state index is -1.73. The van der Waals surface area contributed by atoms with Crippen LogP contribution >= 0.6 is 0 Å². The van der Waals surface area contributed by atoms with E-state index in [1.54, 1.807) is 24.3 Å². The molecule has 11 heteroatoms. The van der Waals surface area contributed by atoms with Gasteiger partial charge in [0.2, 0.25) is 5.91 Å². The smallest absolute Gasteiger partial charge is 0.309 e. The fourth-order valence-corrected chi connectivity index (χ4v) is 2.19. The third-order valence-electron chi connectivity index (χ3n) is 3.75. The standard InChI is InChI=1S/C20H19F3N2O6/c1-29-12-2-4-13(5-3-12)30-9-8-18(28)31-11-17(27)24-10-16(26)25-15-7-6-14(21)19(22)20(15)23/h2-7H,8-11H2,1H3,(H,24,27)(H,25,26). The Morgan fingerprint density at radius 2 is 1.58 bits per heavy atom. The lowest BCUT2D eigenvalue weighted by Crippen LogP contribution is -2.35. The van der Waals surface area contributed by atoms with Crippen molar-refractivity contribution in [2.24, 2.45) is 0 Å². The van der Waals surface area contributed by atoms with Gasteiger partial charge in [-0.05, 0) is 36.4 Å². The zero-order valence-corrected chi connectivity index (χ0v) is 16.4. The SMILES string of the molecule is COc1ccc(OCCC(=O)OCC(=O)NCC(=O)Nc2ccc(F)c(F)c2F)cc1. The summed E-state index contributed by atoms with van der Waals surface area (Å²) in [4.78, 5) is 34.9. The van der Waals surface area contributed by atoms with E-state index in [0.29, 0.717) is 17.6 Å². The van der Waals surface area contributed by atoms with Crippen molar-refractivity contribution in [3.63, 3.8) is 0 Å². The van der Waals surface area contributed by atoms with Crippen molar-refractivity contribution in [2.75, 3.05) is 32.2 Å². The van der Waals surface area contributed by atoms with Gasteiger partial charge in [0.1, 0.15) is 11.5 Å². The predicted molar refractivity (Wildman–Crippen MR) is 102 cm³/mol. The van der Waals surface area contributed by atoms with Crippen LogP contribution in [0.25, 0.3) is 0 Å². The maximum absolute atomic E-state index is 13.5. The maximum atomic E-state index is 13.5. The maximum Gasteiger partial charge on any atom is 0.309 e. The summed E-state index contributed by atoms with van der Waals surface area (Å²) >= 11 is 0. The first kappa shape index (κ1) is 23.5. The van der Waals surface area contributed by atoms with E-state index < -0.39 is 54.1 Å². The second-order valence-electron chi connectivity index (χ2n) is 5.98. The van der Waals surface area contributed by atoms with Crippen molar-refractivity contribution < 1.29 is 41.8 Å². The second-order valence-corrected chi connectivity index (χ2v) is 5.98. The van der Waals surface area contributed by atoms with Gasteiger partial charge in [-0.3, -0.25) is 14.4 Å². The summed E-state index contributed by atoms with van der Waals surface area (Å²) in [7, 11) is 1.53. The van der Waals surface area contributed by atoms with E-state index in [9.17, 15) is 27.6 Å². The average molecular weight is 440 g/mol. The lowest BCUT2D eigenvalue weighted by molar-refractivity contribution is -0.149. The van der Waals surface area contributed by atoms with E-state index in [1.807, 2.05) is 5.32 Å². The van der Waals surface area contributed by atoms with Gasteiger partial charge in [0, 0.05) is 0 Å². The molecule has 0 aliphatic heterocycles. The van der Waals surface area contributed by atoms with Crippen LogP contribution < -0.4 is 20.1 Å². The van der Waals surface area contributed by atoms with E-state index >= 15 is 0 Å². The molecule has 2 N–H and O–H groups in total. The van der Waals surface area contributed by atoms with Gasteiger partial charge < -0.3 is 24.8 Å². The Hall–Kier alpha value is -3.76. The number of amides is 2. The molecular formula is C20H19F3N2O6. The van der Waals surface area contributed by atoms with Gasteiger partial charge in [-0.25, -0.2) is 13.2 Å². The number of anilines is 1. The number of carbonyl (C=O) groups excluding carboxylic acids is 3. The number of hydrogen-bond acceptors (Lipinski definition) is 6. The highest BCUT2D eigenvalue weighted by Crippen LogP contribution is 2.19. The number of carbonyl (C=O) groups is 3. The molecule has 0 unspecified atom stereocenters. The van der Waals surface area contributed by atoms with Gasteiger partial charge in [-0.1, -0.05) is 0 Å². The molecule has 0 spiro atoms. The lowest BCUT2D eigenvalue weighted by atomic mass is 10.2. The van der Waals surface area contributed by atoms with Crippen molar-refractivity contribution in [1.82, 2.24) is 5.32 Å². The highest BCUT2D eigenvalue weighted by molar-refractivity contribution is 5.94. The highest BCUT2D eigenvalue weighted by atomic mass is 19.2. The molecule has 166 valence electrons. The molecular weight excluding hydrogens is 421 g/mol. The van der Waals surface area contributed by atoms with Crippen LogP contribution in [0.3, 0.4) is 0 Å². The first-order chi connectivity index (χ1) is 14.8. The van der Waals surface area contributed by atoms with Crippen LogP contribution in [-0.4, -0.2) is 44.7 Å². The number of esters is 1. The molecule has 0 saturated heterocycles. The molecule has 0 radical (unpaired) electrons. The largest absolute Gasteiger partial charge is 0.497 e. The van der Waals surface area contributed by atoms with Crippen molar-refractivity contribution in [2.45, 2.75) is 6.42 Å². The molecule has 0 atom stereocenters. The van der Waals surface area contributed by atoms with Crippen LogP contribution in [0.2, 0.25) is 0 Å². The first-order valence-corrected chi connectivity index (χ1v) is 8.92. The molecule has 0 aliphatic rings. The van der Waals surface area contributed by atoms with Crippen LogP contribution in [-0.2, 0) is 19.1 Å². The van der Waals surface area contributed by atoms with Crippen LogP contribution in [0.5, 0.6) is 11.5 Å². The Bertz CT molecular complexity index is 937. The third kappa shape index (κ3) is 7.53. The summed E-state index contributed by atoms with van der Waals surface area (Å²) < 4.78 is 54.6. The summed E-state index contributed by atoms with van der Waals surface area (Å²) in [5, 5.41) is 4.12.